The standard InChI is InChI=1S/C43H88/c1-27-35(11,12)37(15,16)42(25,30-28-32(2,3)4)40(21,22)38(17,18)41(23,24)43(26,31-29-33(5,6)7)39(19,20)36(13,14)34(8,9)10/h27-31H2,1-26H3. The molecule has 0 nitrogen and oxygen atoms in total. The molecule has 0 aromatic carbocycles. The van der Waals surface area contributed by atoms with Gasteiger partial charge in [-0.1, -0.05) is 186 Å². The highest BCUT2D eigenvalue weighted by molar-refractivity contribution is 5.17. The fourth-order valence-corrected chi connectivity index (χ4v) is 9.04. The Morgan fingerprint density at radius 3 is 0.767 bits per heavy atom. The number of hydrogen-bond donors (Lipinski definition) is 0. The van der Waals surface area contributed by atoms with Crippen LogP contribution in [0.3, 0.4) is 0 Å². The molecule has 0 aliphatic carbocycles. The van der Waals surface area contributed by atoms with Gasteiger partial charge in [-0.05, 0) is 90.7 Å². The van der Waals surface area contributed by atoms with E-state index in [4.69, 9.17) is 0 Å². The van der Waals surface area contributed by atoms with Crippen LogP contribution in [0.25, 0.3) is 0 Å². The molecular formula is C43H88. The van der Waals surface area contributed by atoms with Crippen molar-refractivity contribution in [1.29, 1.82) is 0 Å². The summed E-state index contributed by atoms with van der Waals surface area (Å²) in [6.45, 7) is 66.7. The van der Waals surface area contributed by atoms with Crippen molar-refractivity contribution in [2.45, 2.75) is 212 Å². The first kappa shape index (κ1) is 43.0. The van der Waals surface area contributed by atoms with Gasteiger partial charge in [-0.3, -0.25) is 0 Å². The van der Waals surface area contributed by atoms with Gasteiger partial charge in [-0.2, -0.15) is 0 Å². The molecule has 0 aromatic rings. The second-order valence-electron chi connectivity index (χ2n) is 23.0. The average Bonchev–Trinajstić information content (AvgIpc) is 2.77. The summed E-state index contributed by atoms with van der Waals surface area (Å²) in [4.78, 5) is 0. The first-order chi connectivity index (χ1) is 18.2. The van der Waals surface area contributed by atoms with Gasteiger partial charge in [0.15, 0.2) is 0 Å². The minimum atomic E-state index is 0.0333. The predicted molar refractivity (Wildman–Crippen MR) is 200 cm³/mol. The summed E-state index contributed by atoms with van der Waals surface area (Å²) in [5, 5.41) is 0. The topological polar surface area (TPSA) is 0 Å². The summed E-state index contributed by atoms with van der Waals surface area (Å²) < 4.78 is 0. The van der Waals surface area contributed by atoms with Crippen LogP contribution in [0.2, 0.25) is 0 Å². The fraction of sp³-hybridized carbons (Fsp3) is 1.00. The van der Waals surface area contributed by atoms with Crippen LogP contribution in [0.4, 0.5) is 0 Å². The van der Waals surface area contributed by atoms with E-state index < -0.39 is 0 Å². The first-order valence-corrected chi connectivity index (χ1v) is 18.2. The molecule has 0 spiro atoms. The Labute approximate surface area is 276 Å². The van der Waals surface area contributed by atoms with Gasteiger partial charge in [0.1, 0.15) is 0 Å². The van der Waals surface area contributed by atoms with Crippen molar-refractivity contribution >= 4 is 0 Å². The van der Waals surface area contributed by atoms with Gasteiger partial charge in [0.05, 0.1) is 0 Å². The Bertz CT molecular complexity index is 909. The Balaban J connectivity index is 7.91. The monoisotopic (exact) mass is 605 g/mol. The zero-order valence-corrected chi connectivity index (χ0v) is 35.5. The van der Waals surface area contributed by atoms with Crippen LogP contribution in [-0.2, 0) is 0 Å². The second-order valence-corrected chi connectivity index (χ2v) is 23.0. The van der Waals surface area contributed by atoms with Crippen LogP contribution in [-0.4, -0.2) is 0 Å². The van der Waals surface area contributed by atoms with Crippen molar-refractivity contribution in [3.63, 3.8) is 0 Å². The lowest BCUT2D eigenvalue weighted by Crippen LogP contribution is -2.66. The fourth-order valence-electron chi connectivity index (χ4n) is 9.04. The van der Waals surface area contributed by atoms with Gasteiger partial charge in [0.25, 0.3) is 0 Å². The average molecular weight is 605 g/mol. The maximum absolute atomic E-state index is 2.71. The molecule has 0 saturated heterocycles. The smallest absolute Gasteiger partial charge is 0.0213 e. The molecule has 260 valence electrons. The van der Waals surface area contributed by atoms with E-state index in [1.807, 2.05) is 0 Å². The molecule has 0 N–H and O–H groups in total. The molecule has 0 saturated carbocycles. The van der Waals surface area contributed by atoms with Crippen molar-refractivity contribution in [2.75, 3.05) is 0 Å². The Morgan fingerprint density at radius 2 is 0.535 bits per heavy atom. The van der Waals surface area contributed by atoms with Gasteiger partial charge in [0, 0.05) is 0 Å². The normalized spacial score (nSPS) is 18.8. The van der Waals surface area contributed by atoms with Crippen LogP contribution in [0.15, 0.2) is 0 Å². The maximum atomic E-state index is 2.71. The Kier molecular flexibility index (Phi) is 11.9. The molecule has 0 aliphatic rings. The number of rotatable bonds is 13. The summed E-state index contributed by atoms with van der Waals surface area (Å²) in [5.74, 6) is 0. The van der Waals surface area contributed by atoms with Gasteiger partial charge in [0.2, 0.25) is 0 Å². The van der Waals surface area contributed by atoms with E-state index in [-0.39, 0.29) is 54.1 Å². The van der Waals surface area contributed by atoms with E-state index in [2.05, 4.69) is 180 Å². The van der Waals surface area contributed by atoms with Crippen LogP contribution < -0.4 is 0 Å². The lowest BCUT2D eigenvalue weighted by molar-refractivity contribution is -0.246. The molecule has 2 unspecified atom stereocenters. The lowest BCUT2D eigenvalue weighted by Gasteiger charge is -2.73. The SMILES string of the molecule is CCC(C)(C)C(C)(C)C(C)(CCC(C)(C)C)C(C)(C)C(C)(C)C(C)(C)C(C)(CCC(C)(C)C)C(C)(C)C(C)(C)C(C)(C)C. The minimum Gasteiger partial charge on any atom is -0.0649 e. The highest BCUT2D eigenvalue weighted by Gasteiger charge is 2.69. The Hall–Kier alpha value is 0. The third kappa shape index (κ3) is 7.00. The van der Waals surface area contributed by atoms with Crippen molar-refractivity contribution in [1.82, 2.24) is 0 Å². The third-order valence-corrected chi connectivity index (χ3v) is 17.4. The molecule has 0 rings (SSSR count). The van der Waals surface area contributed by atoms with E-state index in [0.717, 1.165) is 0 Å². The van der Waals surface area contributed by atoms with Crippen molar-refractivity contribution < 1.29 is 0 Å². The molecule has 2 atom stereocenters. The summed E-state index contributed by atoms with van der Waals surface area (Å²) in [6, 6.07) is 0. The molecule has 0 fully saturated rings. The van der Waals surface area contributed by atoms with Crippen molar-refractivity contribution in [3.05, 3.63) is 0 Å². The predicted octanol–water partition coefficient (Wildman–Crippen LogP) is 15.3. The third-order valence-electron chi connectivity index (χ3n) is 17.4. The van der Waals surface area contributed by atoms with Crippen LogP contribution in [0, 0.1) is 65.0 Å². The molecule has 0 heterocycles. The molecule has 0 radical (unpaired) electrons. The molecule has 0 amide bonds. The summed E-state index contributed by atoms with van der Waals surface area (Å²) in [7, 11) is 0. The molecule has 0 aromatic heterocycles. The van der Waals surface area contributed by atoms with Gasteiger partial charge < -0.3 is 0 Å². The van der Waals surface area contributed by atoms with Gasteiger partial charge >= 0.3 is 0 Å². The van der Waals surface area contributed by atoms with Crippen molar-refractivity contribution in [3.8, 4) is 0 Å². The quantitative estimate of drug-likeness (QED) is 0.196. The summed E-state index contributed by atoms with van der Waals surface area (Å²) in [5.41, 5.74) is 1.68. The van der Waals surface area contributed by atoms with E-state index in [9.17, 15) is 0 Å². The van der Waals surface area contributed by atoms with Crippen molar-refractivity contribution in [2.24, 2.45) is 65.0 Å². The molecular weight excluding hydrogens is 516 g/mol. The molecule has 43 heavy (non-hydrogen) atoms. The summed E-state index contributed by atoms with van der Waals surface area (Å²) >= 11 is 0. The lowest BCUT2D eigenvalue weighted by atomic mass is 9.32. The van der Waals surface area contributed by atoms with E-state index in [1.165, 1.54) is 32.1 Å². The van der Waals surface area contributed by atoms with Crippen LogP contribution in [0.5, 0.6) is 0 Å². The minimum absolute atomic E-state index is 0.0333. The van der Waals surface area contributed by atoms with Crippen LogP contribution >= 0.6 is 0 Å². The zero-order valence-electron chi connectivity index (χ0n) is 35.5. The zero-order chi connectivity index (χ0) is 35.5. The highest BCUT2D eigenvalue weighted by Crippen LogP contribution is 2.76. The first-order valence-electron chi connectivity index (χ1n) is 18.2. The largest absolute Gasteiger partial charge is 0.0649 e. The van der Waals surface area contributed by atoms with Crippen LogP contribution in [0.1, 0.15) is 212 Å². The molecule has 0 heteroatoms. The van der Waals surface area contributed by atoms with E-state index >= 15 is 0 Å². The van der Waals surface area contributed by atoms with E-state index in [1.54, 1.807) is 0 Å². The highest BCUT2D eigenvalue weighted by atomic mass is 14.7. The summed E-state index contributed by atoms with van der Waals surface area (Å²) in [6.07, 6.45) is 6.16. The maximum Gasteiger partial charge on any atom is -0.0213 e. The van der Waals surface area contributed by atoms with Gasteiger partial charge in [-0.15, -0.1) is 0 Å². The van der Waals surface area contributed by atoms with Gasteiger partial charge in [-0.25, -0.2) is 0 Å². The second kappa shape index (κ2) is 11.9. The Morgan fingerprint density at radius 1 is 0.279 bits per heavy atom. The molecule has 0 bridgehead atoms. The number of hydrogen-bond acceptors (Lipinski definition) is 0. The molecule has 0 aliphatic heterocycles. The van der Waals surface area contributed by atoms with E-state index in [0.29, 0.717) is 10.8 Å².